The SMILES string of the molecule is CC(C)c1cccc(C(C)C)c1Cn1c(-c2csc3ccc(-c4ccc5ccccc5c4)cc23)nc2ccccc21. The third kappa shape index (κ3) is 4.55. The fourth-order valence-corrected chi connectivity index (χ4v) is 7.16. The highest BCUT2D eigenvalue weighted by Crippen LogP contribution is 2.39. The molecule has 3 heteroatoms. The number of imidazole rings is 1. The van der Waals surface area contributed by atoms with Crippen molar-refractivity contribution in [2.45, 2.75) is 46.1 Å². The van der Waals surface area contributed by atoms with Gasteiger partial charge in [0.15, 0.2) is 0 Å². The molecule has 0 bridgehead atoms. The molecule has 0 fully saturated rings. The zero-order chi connectivity index (χ0) is 28.1. The molecule has 7 aromatic rings. The van der Waals surface area contributed by atoms with Gasteiger partial charge >= 0.3 is 0 Å². The van der Waals surface area contributed by atoms with Gasteiger partial charge in [-0.1, -0.05) is 100 Å². The van der Waals surface area contributed by atoms with Crippen LogP contribution in [-0.4, -0.2) is 9.55 Å². The van der Waals surface area contributed by atoms with Gasteiger partial charge in [0.2, 0.25) is 0 Å². The molecule has 0 radical (unpaired) electrons. The first-order chi connectivity index (χ1) is 20.0. The van der Waals surface area contributed by atoms with Crippen LogP contribution in [0.3, 0.4) is 0 Å². The summed E-state index contributed by atoms with van der Waals surface area (Å²) in [4.78, 5) is 5.26. The fourth-order valence-electron chi connectivity index (χ4n) is 6.24. The van der Waals surface area contributed by atoms with Gasteiger partial charge in [-0.2, -0.15) is 0 Å². The molecule has 2 aromatic heterocycles. The molecular weight excluding hydrogens is 516 g/mol. The van der Waals surface area contributed by atoms with Crippen molar-refractivity contribution in [1.82, 2.24) is 9.55 Å². The second-order valence-corrected chi connectivity index (χ2v) is 12.6. The number of aromatic nitrogens is 2. The Bertz CT molecular complexity index is 2010. The molecule has 2 nitrogen and oxygen atoms in total. The Morgan fingerprint density at radius 1 is 0.683 bits per heavy atom. The maximum Gasteiger partial charge on any atom is 0.142 e. The maximum absolute atomic E-state index is 5.26. The third-order valence-electron chi connectivity index (χ3n) is 8.36. The van der Waals surface area contributed by atoms with Crippen LogP contribution in [0.5, 0.6) is 0 Å². The molecule has 0 spiro atoms. The first-order valence-electron chi connectivity index (χ1n) is 14.6. The molecule has 5 aromatic carbocycles. The van der Waals surface area contributed by atoms with Crippen molar-refractivity contribution in [3.8, 4) is 22.5 Å². The first-order valence-corrected chi connectivity index (χ1v) is 15.4. The Kier molecular flexibility index (Phi) is 6.48. The lowest BCUT2D eigenvalue weighted by Crippen LogP contribution is -2.10. The van der Waals surface area contributed by atoms with Crippen LogP contribution in [0, 0.1) is 0 Å². The van der Waals surface area contributed by atoms with Gasteiger partial charge in [-0.25, -0.2) is 4.98 Å². The standard InChI is InChI=1S/C38H34N2S/c1-24(2)30-12-9-13-31(25(3)4)33(30)22-40-36-15-8-7-14-35(36)39-38(40)34-23-41-37-19-18-29(21-32(34)37)28-17-16-26-10-5-6-11-27(26)20-28/h5-21,23-25H,22H2,1-4H3. The van der Waals surface area contributed by atoms with Crippen LogP contribution >= 0.6 is 11.3 Å². The van der Waals surface area contributed by atoms with Gasteiger partial charge in [0.1, 0.15) is 5.82 Å². The third-order valence-corrected chi connectivity index (χ3v) is 9.32. The zero-order valence-electron chi connectivity index (χ0n) is 24.1. The number of nitrogens with zero attached hydrogens (tertiary/aromatic N) is 2. The summed E-state index contributed by atoms with van der Waals surface area (Å²) < 4.78 is 3.74. The Hall–Kier alpha value is -4.21. The number of thiophene rings is 1. The van der Waals surface area contributed by atoms with E-state index in [0.717, 1.165) is 17.9 Å². The summed E-state index contributed by atoms with van der Waals surface area (Å²) in [6.07, 6.45) is 0. The summed E-state index contributed by atoms with van der Waals surface area (Å²) in [5.74, 6) is 1.95. The molecule has 0 N–H and O–H groups in total. The highest BCUT2D eigenvalue weighted by atomic mass is 32.1. The number of hydrogen-bond acceptors (Lipinski definition) is 2. The van der Waals surface area contributed by atoms with E-state index in [-0.39, 0.29) is 0 Å². The van der Waals surface area contributed by atoms with Gasteiger partial charge in [-0.3, -0.25) is 0 Å². The lowest BCUT2D eigenvalue weighted by molar-refractivity contribution is 0.750. The molecule has 0 saturated heterocycles. The average molecular weight is 551 g/mol. The summed E-state index contributed by atoms with van der Waals surface area (Å²) in [5.41, 5.74) is 10.2. The van der Waals surface area contributed by atoms with Crippen molar-refractivity contribution in [2.24, 2.45) is 0 Å². The summed E-state index contributed by atoms with van der Waals surface area (Å²) in [6, 6.07) is 37.6. The van der Waals surface area contributed by atoms with Crippen LogP contribution in [0.4, 0.5) is 0 Å². The molecule has 41 heavy (non-hydrogen) atoms. The summed E-state index contributed by atoms with van der Waals surface area (Å²) in [7, 11) is 0. The normalized spacial score (nSPS) is 12.0. The summed E-state index contributed by atoms with van der Waals surface area (Å²) >= 11 is 1.80. The largest absolute Gasteiger partial charge is 0.319 e. The van der Waals surface area contributed by atoms with Crippen molar-refractivity contribution in [1.29, 1.82) is 0 Å². The topological polar surface area (TPSA) is 17.8 Å². The van der Waals surface area contributed by atoms with Crippen molar-refractivity contribution in [3.63, 3.8) is 0 Å². The van der Waals surface area contributed by atoms with Gasteiger partial charge in [0.25, 0.3) is 0 Å². The lowest BCUT2D eigenvalue weighted by Gasteiger charge is -2.21. The summed E-state index contributed by atoms with van der Waals surface area (Å²) in [6.45, 7) is 10.0. The van der Waals surface area contributed by atoms with Crippen LogP contribution in [0.1, 0.15) is 56.2 Å². The molecule has 0 aliphatic heterocycles. The second kappa shape index (κ2) is 10.3. The molecular formula is C38H34N2S. The predicted molar refractivity (Wildman–Crippen MR) is 177 cm³/mol. The van der Waals surface area contributed by atoms with Crippen LogP contribution < -0.4 is 0 Å². The Balaban J connectivity index is 1.41. The van der Waals surface area contributed by atoms with E-state index in [1.807, 2.05) is 0 Å². The minimum Gasteiger partial charge on any atom is -0.319 e. The molecule has 0 saturated carbocycles. The smallest absolute Gasteiger partial charge is 0.142 e. The minimum atomic E-state index is 0.452. The maximum atomic E-state index is 5.26. The minimum absolute atomic E-state index is 0.452. The molecule has 0 aliphatic carbocycles. The van der Waals surface area contributed by atoms with E-state index in [4.69, 9.17) is 4.98 Å². The highest BCUT2D eigenvalue weighted by Gasteiger charge is 2.20. The Labute approximate surface area is 245 Å². The van der Waals surface area contributed by atoms with Gasteiger partial charge in [0.05, 0.1) is 17.6 Å². The van der Waals surface area contributed by atoms with E-state index in [9.17, 15) is 0 Å². The van der Waals surface area contributed by atoms with Crippen molar-refractivity contribution in [2.75, 3.05) is 0 Å². The molecule has 2 heterocycles. The highest BCUT2D eigenvalue weighted by molar-refractivity contribution is 7.17. The molecule has 0 amide bonds. The number of hydrogen-bond donors (Lipinski definition) is 0. The number of benzene rings is 5. The van der Waals surface area contributed by atoms with Gasteiger partial charge in [-0.05, 0) is 80.8 Å². The predicted octanol–water partition coefficient (Wildman–Crippen LogP) is 11.0. The van der Waals surface area contributed by atoms with E-state index in [1.165, 1.54) is 59.8 Å². The zero-order valence-corrected chi connectivity index (χ0v) is 24.9. The van der Waals surface area contributed by atoms with Gasteiger partial charge in [0, 0.05) is 21.0 Å². The van der Waals surface area contributed by atoms with Gasteiger partial charge in [-0.15, -0.1) is 11.3 Å². The van der Waals surface area contributed by atoms with E-state index in [1.54, 1.807) is 11.3 Å². The average Bonchev–Trinajstić information content (AvgIpc) is 3.57. The Morgan fingerprint density at radius 2 is 1.37 bits per heavy atom. The second-order valence-electron chi connectivity index (χ2n) is 11.7. The van der Waals surface area contributed by atoms with Crippen molar-refractivity contribution >= 4 is 43.2 Å². The van der Waals surface area contributed by atoms with Gasteiger partial charge < -0.3 is 4.57 Å². The van der Waals surface area contributed by atoms with E-state index < -0.39 is 0 Å². The van der Waals surface area contributed by atoms with E-state index >= 15 is 0 Å². The molecule has 202 valence electrons. The van der Waals surface area contributed by atoms with Crippen molar-refractivity contribution in [3.05, 3.63) is 125 Å². The number of fused-ring (bicyclic) bond motifs is 3. The first kappa shape index (κ1) is 25.7. The van der Waals surface area contributed by atoms with E-state index in [2.05, 4.69) is 141 Å². The number of para-hydroxylation sites is 2. The number of rotatable bonds is 6. The van der Waals surface area contributed by atoms with Crippen LogP contribution in [0.25, 0.3) is 54.4 Å². The van der Waals surface area contributed by atoms with E-state index in [0.29, 0.717) is 11.8 Å². The lowest BCUT2D eigenvalue weighted by atomic mass is 9.88. The fraction of sp³-hybridized carbons (Fsp3) is 0.184. The monoisotopic (exact) mass is 550 g/mol. The summed E-state index contributed by atoms with van der Waals surface area (Å²) in [5, 5.41) is 6.09. The molecule has 0 atom stereocenters. The quantitative estimate of drug-likeness (QED) is 0.201. The Morgan fingerprint density at radius 3 is 2.15 bits per heavy atom. The molecule has 7 rings (SSSR count). The molecule has 0 unspecified atom stereocenters. The van der Waals surface area contributed by atoms with Crippen LogP contribution in [-0.2, 0) is 6.54 Å². The molecule has 0 aliphatic rings. The van der Waals surface area contributed by atoms with Crippen molar-refractivity contribution < 1.29 is 0 Å². The van der Waals surface area contributed by atoms with Crippen LogP contribution in [0.15, 0.2) is 109 Å². The van der Waals surface area contributed by atoms with Crippen LogP contribution in [0.2, 0.25) is 0 Å².